The summed E-state index contributed by atoms with van der Waals surface area (Å²) in [5, 5.41) is 0. The van der Waals surface area contributed by atoms with E-state index in [4.69, 9.17) is 4.74 Å². The molecule has 4 nitrogen and oxygen atoms in total. The average molecular weight is 383 g/mol. The van der Waals surface area contributed by atoms with Gasteiger partial charge in [-0.1, -0.05) is 63.6 Å². The Labute approximate surface area is 169 Å². The zero-order chi connectivity index (χ0) is 19.9. The molecule has 1 aliphatic rings. The molecule has 0 unspecified atom stereocenters. The molecule has 0 spiro atoms. The zero-order valence-electron chi connectivity index (χ0n) is 17.6. The van der Waals surface area contributed by atoms with Crippen LogP contribution in [0, 0.1) is 19.8 Å². The van der Waals surface area contributed by atoms with Gasteiger partial charge in [-0.2, -0.15) is 0 Å². The maximum absolute atomic E-state index is 12.6. The molecule has 1 saturated carbocycles. The average Bonchev–Trinajstić information content (AvgIpc) is 3.20. The Morgan fingerprint density at radius 1 is 1.21 bits per heavy atom. The number of unbranched alkanes of at least 4 members (excludes halogenated alkanes) is 1. The van der Waals surface area contributed by atoms with E-state index < -0.39 is 0 Å². The van der Waals surface area contributed by atoms with Crippen LogP contribution in [-0.2, 0) is 4.74 Å². The van der Waals surface area contributed by atoms with Crippen molar-refractivity contribution in [1.82, 2.24) is 9.55 Å². The number of benzene rings is 1. The first-order valence-electron chi connectivity index (χ1n) is 10.8. The van der Waals surface area contributed by atoms with Gasteiger partial charge in [0.05, 0.1) is 6.61 Å². The molecule has 3 rings (SSSR count). The monoisotopic (exact) mass is 382 g/mol. The lowest BCUT2D eigenvalue weighted by atomic mass is 9.86. The van der Waals surface area contributed by atoms with Crippen LogP contribution in [-0.4, -0.2) is 22.3 Å². The number of aromatic nitrogens is 2. The lowest BCUT2D eigenvalue weighted by molar-refractivity contribution is 0.143. The number of ether oxygens (including phenoxy) is 1. The number of hydrogen-bond donors (Lipinski definition) is 0. The second-order valence-corrected chi connectivity index (χ2v) is 8.28. The van der Waals surface area contributed by atoms with Crippen LogP contribution in [0.1, 0.15) is 86.7 Å². The van der Waals surface area contributed by atoms with Crippen molar-refractivity contribution in [3.8, 4) is 0 Å². The molecule has 0 saturated heterocycles. The first kappa shape index (κ1) is 20.6. The number of carbonyl (C=O) groups is 1. The largest absolute Gasteiger partial charge is 0.449 e. The van der Waals surface area contributed by atoms with Crippen LogP contribution in [0.15, 0.2) is 30.6 Å². The van der Waals surface area contributed by atoms with E-state index in [9.17, 15) is 4.79 Å². The molecule has 0 radical (unpaired) electrons. The second-order valence-electron chi connectivity index (χ2n) is 8.28. The molecule has 0 N–H and O–H groups in total. The molecule has 1 atom stereocenters. The van der Waals surface area contributed by atoms with Gasteiger partial charge in [0, 0.05) is 18.3 Å². The minimum atomic E-state index is -0.317. The predicted octanol–water partition coefficient (Wildman–Crippen LogP) is 6.39. The maximum Gasteiger partial charge on any atom is 0.419 e. The van der Waals surface area contributed by atoms with E-state index in [1.54, 1.807) is 17.0 Å². The van der Waals surface area contributed by atoms with Crippen molar-refractivity contribution in [2.75, 3.05) is 6.61 Å². The number of carbonyl (C=O) groups excluding carboxylic acids is 1. The minimum Gasteiger partial charge on any atom is -0.449 e. The van der Waals surface area contributed by atoms with Gasteiger partial charge in [-0.25, -0.2) is 14.3 Å². The van der Waals surface area contributed by atoms with Gasteiger partial charge in [0.2, 0.25) is 0 Å². The standard InChI is InChI=1S/C24H34N2O2/c1-18-10-9-14-22(19(18)2)20(3)23-25-15-16-26(23)24(27)28-17-8-7-13-21-11-5-4-6-12-21/h9-10,14-16,20-21H,4-8,11-13,17H2,1-3H3/t20-/m0/s1. The van der Waals surface area contributed by atoms with E-state index in [1.165, 1.54) is 55.2 Å². The Kier molecular flexibility index (Phi) is 7.30. The van der Waals surface area contributed by atoms with E-state index in [0.29, 0.717) is 6.61 Å². The fourth-order valence-corrected chi connectivity index (χ4v) is 4.41. The smallest absolute Gasteiger partial charge is 0.419 e. The van der Waals surface area contributed by atoms with Crippen molar-refractivity contribution >= 4 is 6.09 Å². The van der Waals surface area contributed by atoms with Crippen molar-refractivity contribution in [2.45, 2.75) is 78.1 Å². The Hall–Kier alpha value is -2.10. The number of aryl methyl sites for hydroxylation is 1. The molecular weight excluding hydrogens is 348 g/mol. The van der Waals surface area contributed by atoms with E-state index >= 15 is 0 Å². The SMILES string of the molecule is Cc1cccc([C@H](C)c2nccn2C(=O)OCCCCC2CCCCC2)c1C. The van der Waals surface area contributed by atoms with Crippen molar-refractivity contribution in [3.05, 3.63) is 53.1 Å². The van der Waals surface area contributed by atoms with E-state index in [0.717, 1.165) is 24.6 Å². The van der Waals surface area contributed by atoms with Gasteiger partial charge in [0.15, 0.2) is 0 Å². The predicted molar refractivity (Wildman–Crippen MR) is 113 cm³/mol. The first-order valence-corrected chi connectivity index (χ1v) is 10.8. The van der Waals surface area contributed by atoms with Crippen LogP contribution in [0.3, 0.4) is 0 Å². The second kappa shape index (κ2) is 9.90. The molecule has 0 bridgehead atoms. The third kappa shape index (κ3) is 5.03. The quantitative estimate of drug-likeness (QED) is 0.521. The highest BCUT2D eigenvalue weighted by atomic mass is 16.5. The van der Waals surface area contributed by atoms with Gasteiger partial charge in [0.25, 0.3) is 0 Å². The molecule has 0 aliphatic heterocycles. The van der Waals surface area contributed by atoms with Crippen molar-refractivity contribution in [2.24, 2.45) is 5.92 Å². The molecule has 2 aromatic rings. The van der Waals surface area contributed by atoms with Crippen LogP contribution in [0.4, 0.5) is 4.79 Å². The number of hydrogen-bond acceptors (Lipinski definition) is 3. The molecule has 1 heterocycles. The maximum atomic E-state index is 12.6. The van der Waals surface area contributed by atoms with Gasteiger partial charge in [-0.15, -0.1) is 0 Å². The summed E-state index contributed by atoms with van der Waals surface area (Å²) in [4.78, 5) is 17.0. The van der Waals surface area contributed by atoms with Crippen LogP contribution in [0.2, 0.25) is 0 Å². The topological polar surface area (TPSA) is 44.1 Å². The van der Waals surface area contributed by atoms with E-state index in [1.807, 2.05) is 0 Å². The number of rotatable bonds is 7. The Bertz CT molecular complexity index is 775. The lowest BCUT2D eigenvalue weighted by Gasteiger charge is -2.21. The van der Waals surface area contributed by atoms with Gasteiger partial charge in [-0.3, -0.25) is 0 Å². The van der Waals surface area contributed by atoms with Crippen molar-refractivity contribution in [1.29, 1.82) is 0 Å². The zero-order valence-corrected chi connectivity index (χ0v) is 17.6. The number of nitrogens with zero attached hydrogens (tertiary/aromatic N) is 2. The van der Waals surface area contributed by atoms with Gasteiger partial charge < -0.3 is 4.74 Å². The highest BCUT2D eigenvalue weighted by Gasteiger charge is 2.20. The minimum absolute atomic E-state index is 0.0359. The summed E-state index contributed by atoms with van der Waals surface area (Å²) in [6, 6.07) is 6.29. The molecule has 28 heavy (non-hydrogen) atoms. The Balaban J connectivity index is 1.52. The highest BCUT2D eigenvalue weighted by Crippen LogP contribution is 2.28. The molecule has 152 valence electrons. The molecule has 1 aromatic carbocycles. The fraction of sp³-hybridized carbons (Fsp3) is 0.583. The van der Waals surface area contributed by atoms with E-state index in [-0.39, 0.29) is 12.0 Å². The Morgan fingerprint density at radius 3 is 2.79 bits per heavy atom. The van der Waals surface area contributed by atoms with Crippen LogP contribution >= 0.6 is 0 Å². The van der Waals surface area contributed by atoms with Crippen LogP contribution in [0.5, 0.6) is 0 Å². The lowest BCUT2D eigenvalue weighted by Crippen LogP contribution is -2.19. The molecule has 4 heteroatoms. The molecule has 0 amide bonds. The van der Waals surface area contributed by atoms with Crippen LogP contribution in [0.25, 0.3) is 0 Å². The molecule has 1 aliphatic carbocycles. The van der Waals surface area contributed by atoms with Crippen LogP contribution < -0.4 is 0 Å². The van der Waals surface area contributed by atoms with E-state index in [2.05, 4.69) is 44.0 Å². The Morgan fingerprint density at radius 2 is 2.00 bits per heavy atom. The van der Waals surface area contributed by atoms with Gasteiger partial charge >= 0.3 is 6.09 Å². The molecular formula is C24H34N2O2. The van der Waals surface area contributed by atoms with Crippen molar-refractivity contribution in [3.63, 3.8) is 0 Å². The molecule has 1 fully saturated rings. The third-order valence-corrected chi connectivity index (χ3v) is 6.32. The summed E-state index contributed by atoms with van der Waals surface area (Å²) in [5.74, 6) is 1.66. The third-order valence-electron chi connectivity index (χ3n) is 6.32. The summed E-state index contributed by atoms with van der Waals surface area (Å²) in [6.07, 6.45) is 13.4. The summed E-state index contributed by atoms with van der Waals surface area (Å²) >= 11 is 0. The van der Waals surface area contributed by atoms with Gasteiger partial charge in [-0.05, 0) is 49.3 Å². The van der Waals surface area contributed by atoms with Gasteiger partial charge in [0.1, 0.15) is 5.82 Å². The fourth-order valence-electron chi connectivity index (χ4n) is 4.41. The summed E-state index contributed by atoms with van der Waals surface area (Å²) < 4.78 is 7.10. The summed E-state index contributed by atoms with van der Waals surface area (Å²) in [6.45, 7) is 6.82. The number of imidazole rings is 1. The normalized spacial score (nSPS) is 16.1. The van der Waals surface area contributed by atoms with Crippen molar-refractivity contribution < 1.29 is 9.53 Å². The first-order chi connectivity index (χ1) is 13.6. The summed E-state index contributed by atoms with van der Waals surface area (Å²) in [5.41, 5.74) is 3.70. The molecule has 1 aromatic heterocycles. The highest BCUT2D eigenvalue weighted by molar-refractivity contribution is 5.71. The summed E-state index contributed by atoms with van der Waals surface area (Å²) in [7, 11) is 0.